The number of amides is 1. The van der Waals surface area contributed by atoms with E-state index in [1.807, 2.05) is 11.6 Å². The molecule has 31 heavy (non-hydrogen) atoms. The van der Waals surface area contributed by atoms with Crippen LogP contribution in [-0.4, -0.2) is 36.3 Å². The number of carbonyl (C=O) groups is 1. The molecule has 1 aliphatic heterocycles. The van der Waals surface area contributed by atoms with Crippen molar-refractivity contribution >= 4 is 49.1 Å². The van der Waals surface area contributed by atoms with E-state index in [1.54, 1.807) is 12.1 Å². The molecule has 1 unspecified atom stereocenters. The lowest BCUT2D eigenvalue weighted by Gasteiger charge is -2.30. The second-order valence-electron chi connectivity index (χ2n) is 7.95. The van der Waals surface area contributed by atoms with Crippen LogP contribution in [0.3, 0.4) is 0 Å². The smallest absolute Gasteiger partial charge is 0.252 e. The fraction of sp³-hybridized carbons (Fsp3) is 0.364. The van der Waals surface area contributed by atoms with E-state index in [4.69, 9.17) is 11.6 Å². The summed E-state index contributed by atoms with van der Waals surface area (Å²) in [6, 6.07) is 10.3. The molecular formula is C22H24ClN3O3S2. The number of nitrogens with zero attached hydrogens (tertiary/aromatic N) is 3. The van der Waals surface area contributed by atoms with Gasteiger partial charge < -0.3 is 4.57 Å². The Balaban J connectivity index is 1.60. The van der Waals surface area contributed by atoms with Crippen molar-refractivity contribution in [1.82, 2.24) is 8.87 Å². The molecule has 0 spiro atoms. The zero-order valence-corrected chi connectivity index (χ0v) is 20.0. The molecule has 1 aliphatic rings. The zero-order chi connectivity index (χ0) is 22.3. The Kier molecular flexibility index (Phi) is 6.09. The zero-order valence-electron chi connectivity index (χ0n) is 17.6. The summed E-state index contributed by atoms with van der Waals surface area (Å²) in [4.78, 5) is 18.2. The maximum Gasteiger partial charge on any atom is 0.252 e. The van der Waals surface area contributed by atoms with E-state index >= 15 is 0 Å². The third-order valence-electron chi connectivity index (χ3n) is 5.82. The highest BCUT2D eigenvalue weighted by Gasteiger charge is 2.33. The molecule has 9 heteroatoms. The molecule has 1 amide bonds. The first kappa shape index (κ1) is 22.2. The minimum absolute atomic E-state index is 0.139. The van der Waals surface area contributed by atoms with Crippen molar-refractivity contribution in [2.45, 2.75) is 31.6 Å². The molecule has 6 nitrogen and oxygen atoms in total. The topological polar surface area (TPSA) is 71.7 Å². The summed E-state index contributed by atoms with van der Waals surface area (Å²) in [5.74, 6) is -0.726. The summed E-state index contributed by atoms with van der Waals surface area (Å²) >= 11 is 7.36. The van der Waals surface area contributed by atoms with Crippen molar-refractivity contribution in [3.63, 3.8) is 0 Å². The number of fused-ring (bicyclic) bond motifs is 1. The quantitative estimate of drug-likeness (QED) is 0.571. The van der Waals surface area contributed by atoms with Crippen molar-refractivity contribution in [3.05, 3.63) is 57.3 Å². The Morgan fingerprint density at radius 3 is 2.55 bits per heavy atom. The van der Waals surface area contributed by atoms with Crippen LogP contribution in [0.4, 0.5) is 0 Å². The lowest BCUT2D eigenvalue weighted by Crippen LogP contribution is -2.42. The highest BCUT2D eigenvalue weighted by molar-refractivity contribution is 7.89. The minimum atomic E-state index is -3.68. The molecular weight excluding hydrogens is 454 g/mol. The maximum absolute atomic E-state index is 13.0. The van der Waals surface area contributed by atoms with Gasteiger partial charge in [-0.15, -0.1) is 0 Å². The molecule has 0 radical (unpaired) electrons. The van der Waals surface area contributed by atoms with Crippen LogP contribution in [0.15, 0.2) is 46.3 Å². The predicted molar refractivity (Wildman–Crippen MR) is 124 cm³/mol. The lowest BCUT2D eigenvalue weighted by molar-refractivity contribution is -0.122. The number of rotatable bonds is 3. The lowest BCUT2D eigenvalue weighted by atomic mass is 9.99. The number of aryl methyl sites for hydroxylation is 3. The Hall–Kier alpha value is -2.00. The summed E-state index contributed by atoms with van der Waals surface area (Å²) in [6.07, 6.45) is 1.25. The van der Waals surface area contributed by atoms with Crippen molar-refractivity contribution in [3.8, 4) is 0 Å². The standard InChI is InChI=1S/C22H24ClN3O3S2/c1-14-11-19-20(12-15(14)2)30-22(25(19)3)24-21(27)16-5-4-10-26(13-16)31(28,29)18-8-6-17(23)7-9-18/h6-9,11-12,16H,4-5,10,13H2,1-3H3. The average Bonchev–Trinajstić information content (AvgIpc) is 3.03. The highest BCUT2D eigenvalue weighted by atomic mass is 35.5. The van der Waals surface area contributed by atoms with E-state index in [0.717, 1.165) is 10.2 Å². The highest BCUT2D eigenvalue weighted by Crippen LogP contribution is 2.26. The third-order valence-corrected chi connectivity index (χ3v) is 9.04. The van der Waals surface area contributed by atoms with E-state index in [1.165, 1.54) is 38.9 Å². The van der Waals surface area contributed by atoms with Gasteiger partial charge in [-0.1, -0.05) is 22.9 Å². The first-order chi connectivity index (χ1) is 14.7. The summed E-state index contributed by atoms with van der Waals surface area (Å²) in [5, 5.41) is 0.478. The second-order valence-corrected chi connectivity index (χ2v) is 11.3. The minimum Gasteiger partial charge on any atom is -0.319 e. The number of aromatic nitrogens is 1. The van der Waals surface area contributed by atoms with Gasteiger partial charge in [0.1, 0.15) is 0 Å². The molecule has 4 rings (SSSR count). The van der Waals surface area contributed by atoms with Crippen LogP contribution in [-0.2, 0) is 21.9 Å². The fourth-order valence-corrected chi connectivity index (χ4v) is 6.54. The SMILES string of the molecule is Cc1cc2sc(=NC(=O)C3CCCN(S(=O)(=O)c4ccc(Cl)cc4)C3)n(C)c2cc1C. The summed E-state index contributed by atoms with van der Waals surface area (Å²) in [5.41, 5.74) is 3.42. The van der Waals surface area contributed by atoms with Crippen molar-refractivity contribution in [1.29, 1.82) is 0 Å². The number of hydrogen-bond acceptors (Lipinski definition) is 4. The molecule has 2 heterocycles. The third kappa shape index (κ3) is 4.35. The molecule has 0 bridgehead atoms. The first-order valence-electron chi connectivity index (χ1n) is 10.1. The molecule has 3 aromatic rings. The van der Waals surface area contributed by atoms with E-state index in [2.05, 4.69) is 31.0 Å². The molecule has 1 atom stereocenters. The summed E-state index contributed by atoms with van der Waals surface area (Å²) < 4.78 is 30.4. The van der Waals surface area contributed by atoms with Gasteiger partial charge in [-0.25, -0.2) is 8.42 Å². The van der Waals surface area contributed by atoms with Gasteiger partial charge in [0, 0.05) is 25.2 Å². The largest absolute Gasteiger partial charge is 0.319 e. The van der Waals surface area contributed by atoms with Crippen LogP contribution < -0.4 is 4.80 Å². The second kappa shape index (κ2) is 8.50. The molecule has 1 aromatic heterocycles. The monoisotopic (exact) mass is 477 g/mol. The average molecular weight is 478 g/mol. The van der Waals surface area contributed by atoms with E-state index in [-0.39, 0.29) is 17.3 Å². The van der Waals surface area contributed by atoms with Crippen molar-refractivity contribution < 1.29 is 13.2 Å². The Morgan fingerprint density at radius 1 is 1.16 bits per heavy atom. The van der Waals surface area contributed by atoms with Crippen LogP contribution in [0.1, 0.15) is 24.0 Å². The van der Waals surface area contributed by atoms with Crippen LogP contribution >= 0.6 is 22.9 Å². The van der Waals surface area contributed by atoms with Gasteiger partial charge in [0.2, 0.25) is 10.0 Å². The number of thiazole rings is 1. The molecule has 1 saturated heterocycles. The number of carbonyl (C=O) groups excluding carboxylic acids is 1. The number of sulfonamides is 1. The molecule has 0 saturated carbocycles. The van der Waals surface area contributed by atoms with E-state index in [0.29, 0.717) is 29.2 Å². The van der Waals surface area contributed by atoms with Crippen LogP contribution in [0, 0.1) is 19.8 Å². The van der Waals surface area contributed by atoms with Gasteiger partial charge in [0.15, 0.2) is 4.80 Å². The number of halogens is 1. The summed E-state index contributed by atoms with van der Waals surface area (Å²) in [6.45, 7) is 4.66. The molecule has 164 valence electrons. The van der Waals surface area contributed by atoms with E-state index in [9.17, 15) is 13.2 Å². The van der Waals surface area contributed by atoms with E-state index < -0.39 is 15.9 Å². The Morgan fingerprint density at radius 2 is 1.84 bits per heavy atom. The van der Waals surface area contributed by atoms with Gasteiger partial charge in [-0.2, -0.15) is 9.30 Å². The maximum atomic E-state index is 13.0. The van der Waals surface area contributed by atoms with Gasteiger partial charge in [-0.3, -0.25) is 4.79 Å². The number of benzene rings is 2. The molecule has 0 aliphatic carbocycles. The van der Waals surface area contributed by atoms with Crippen LogP contribution in [0.2, 0.25) is 5.02 Å². The Bertz CT molecular complexity index is 1320. The van der Waals surface area contributed by atoms with Gasteiger partial charge in [0.25, 0.3) is 5.91 Å². The summed E-state index contributed by atoms with van der Waals surface area (Å²) in [7, 11) is -1.78. The van der Waals surface area contributed by atoms with Gasteiger partial charge in [0.05, 0.1) is 21.0 Å². The first-order valence-corrected chi connectivity index (χ1v) is 12.7. The normalized spacial score (nSPS) is 18.6. The molecule has 0 N–H and O–H groups in total. The number of piperidine rings is 1. The number of hydrogen-bond donors (Lipinski definition) is 0. The van der Waals surface area contributed by atoms with Crippen LogP contribution in [0.5, 0.6) is 0 Å². The molecule has 2 aromatic carbocycles. The molecule has 1 fully saturated rings. The van der Waals surface area contributed by atoms with Crippen LogP contribution in [0.25, 0.3) is 10.2 Å². The van der Waals surface area contributed by atoms with Crippen molar-refractivity contribution in [2.24, 2.45) is 18.0 Å². The van der Waals surface area contributed by atoms with Gasteiger partial charge in [-0.05, 0) is 74.2 Å². The fourth-order valence-electron chi connectivity index (χ4n) is 3.79. The predicted octanol–water partition coefficient (Wildman–Crippen LogP) is 4.04. The van der Waals surface area contributed by atoms with Gasteiger partial charge >= 0.3 is 0 Å². The van der Waals surface area contributed by atoms with Crippen molar-refractivity contribution in [2.75, 3.05) is 13.1 Å². The Labute approximate surface area is 190 Å².